The average Bonchev–Trinajstić information content (AvgIpc) is 3.33. The molecule has 4 aromatic rings. The van der Waals surface area contributed by atoms with E-state index >= 15 is 0 Å². The van der Waals surface area contributed by atoms with Gasteiger partial charge in [-0.2, -0.15) is 5.10 Å². The van der Waals surface area contributed by atoms with E-state index in [2.05, 4.69) is 10.1 Å². The van der Waals surface area contributed by atoms with Gasteiger partial charge in [0.25, 0.3) is 5.56 Å². The highest BCUT2D eigenvalue weighted by atomic mass is 16.3. The summed E-state index contributed by atoms with van der Waals surface area (Å²) >= 11 is 0. The zero-order chi connectivity index (χ0) is 19.7. The molecule has 0 aliphatic heterocycles. The summed E-state index contributed by atoms with van der Waals surface area (Å²) < 4.78 is 8.24. The summed E-state index contributed by atoms with van der Waals surface area (Å²) in [6.45, 7) is 2.12. The molecule has 0 aliphatic rings. The fourth-order valence-electron chi connectivity index (χ4n) is 3.02. The van der Waals surface area contributed by atoms with Crippen molar-refractivity contribution in [3.05, 3.63) is 76.9 Å². The summed E-state index contributed by atoms with van der Waals surface area (Å²) in [5.74, 6) is 0.412. The Kier molecular flexibility index (Phi) is 4.52. The average molecular weight is 377 g/mol. The molecule has 0 bridgehead atoms. The van der Waals surface area contributed by atoms with Crippen LogP contribution in [0.4, 0.5) is 5.69 Å². The van der Waals surface area contributed by atoms with Crippen LogP contribution in [0.15, 0.2) is 64.4 Å². The van der Waals surface area contributed by atoms with Crippen LogP contribution in [0, 0.1) is 6.92 Å². The van der Waals surface area contributed by atoms with Crippen molar-refractivity contribution in [1.29, 1.82) is 0 Å². The number of benzene rings is 1. The number of aromatic nitrogens is 4. The Bertz CT molecular complexity index is 1170. The fraction of sp³-hybridized carbons (Fsp3) is 0.200. The summed E-state index contributed by atoms with van der Waals surface area (Å²) in [4.78, 5) is 31.6. The molecular weight excluding hydrogens is 358 g/mol. The van der Waals surface area contributed by atoms with E-state index < -0.39 is 0 Å². The van der Waals surface area contributed by atoms with Gasteiger partial charge in [-0.1, -0.05) is 17.7 Å². The number of carbonyl (C=O) groups is 1. The van der Waals surface area contributed by atoms with E-state index in [4.69, 9.17) is 4.42 Å². The number of nitrogens with zero attached hydrogens (tertiary/aromatic N) is 5. The number of carbonyl (C=O) groups excluding carboxylic acids is 1. The molecule has 0 N–H and O–H groups in total. The van der Waals surface area contributed by atoms with E-state index in [1.165, 1.54) is 21.8 Å². The topological polar surface area (TPSA) is 86.2 Å². The van der Waals surface area contributed by atoms with Gasteiger partial charge >= 0.3 is 0 Å². The molecule has 0 radical (unpaired) electrons. The highest BCUT2D eigenvalue weighted by Crippen LogP contribution is 2.19. The van der Waals surface area contributed by atoms with Crippen LogP contribution < -0.4 is 10.5 Å². The van der Waals surface area contributed by atoms with Gasteiger partial charge in [-0.25, -0.2) is 4.98 Å². The lowest BCUT2D eigenvalue weighted by atomic mass is 10.2. The Labute approximate surface area is 160 Å². The molecule has 1 aromatic carbocycles. The first-order chi connectivity index (χ1) is 13.5. The number of amides is 1. The molecule has 0 unspecified atom stereocenters. The predicted molar refractivity (Wildman–Crippen MR) is 104 cm³/mol. The summed E-state index contributed by atoms with van der Waals surface area (Å²) in [6, 6.07) is 11.2. The second kappa shape index (κ2) is 7.15. The van der Waals surface area contributed by atoms with Crippen LogP contribution in [0.25, 0.3) is 11.0 Å². The zero-order valence-electron chi connectivity index (χ0n) is 15.6. The van der Waals surface area contributed by atoms with Crippen molar-refractivity contribution in [3.63, 3.8) is 0 Å². The molecule has 4 rings (SSSR count). The molecule has 8 nitrogen and oxygen atoms in total. The lowest BCUT2D eigenvalue weighted by molar-refractivity contribution is -0.119. The minimum absolute atomic E-state index is 0.134. The summed E-state index contributed by atoms with van der Waals surface area (Å²) in [6.07, 6.45) is 4.41. The van der Waals surface area contributed by atoms with Gasteiger partial charge in [0.05, 0.1) is 19.0 Å². The van der Waals surface area contributed by atoms with Gasteiger partial charge in [-0.15, -0.1) is 0 Å². The molecule has 0 aliphatic carbocycles. The van der Waals surface area contributed by atoms with E-state index in [0.29, 0.717) is 16.8 Å². The quantitative estimate of drug-likeness (QED) is 0.532. The van der Waals surface area contributed by atoms with Crippen molar-refractivity contribution < 1.29 is 9.21 Å². The molecule has 1 amide bonds. The van der Waals surface area contributed by atoms with Crippen molar-refractivity contribution in [2.24, 2.45) is 7.05 Å². The number of furan rings is 1. The molecule has 3 aromatic heterocycles. The normalized spacial score (nSPS) is 11.1. The van der Waals surface area contributed by atoms with Gasteiger partial charge in [0.1, 0.15) is 24.0 Å². The van der Waals surface area contributed by atoms with Gasteiger partial charge < -0.3 is 9.32 Å². The second-order valence-corrected chi connectivity index (χ2v) is 6.58. The summed E-state index contributed by atoms with van der Waals surface area (Å²) in [5.41, 5.74) is 2.01. The molecule has 3 heterocycles. The number of aryl methyl sites for hydroxylation is 2. The number of hydrogen-bond acceptors (Lipinski definition) is 5. The minimum atomic E-state index is -0.298. The van der Waals surface area contributed by atoms with Crippen molar-refractivity contribution in [2.75, 3.05) is 4.90 Å². The Hall–Kier alpha value is -3.68. The lowest BCUT2D eigenvalue weighted by Gasteiger charge is -2.22. The molecule has 28 heavy (non-hydrogen) atoms. The number of fused-ring (bicyclic) bond motifs is 1. The standard InChI is InChI=1S/C20H19N5O3/c1-14-5-7-15(8-6-14)25(11-16-4-3-9-28-16)18(26)12-24-13-21-19-17(20(24)27)10-22-23(19)2/h3-10,13H,11-12H2,1-2H3. The summed E-state index contributed by atoms with van der Waals surface area (Å²) in [7, 11) is 1.72. The first kappa shape index (κ1) is 17.7. The number of anilines is 1. The molecule has 0 spiro atoms. The molecule has 8 heteroatoms. The van der Waals surface area contributed by atoms with Gasteiger partial charge in [-0.05, 0) is 31.2 Å². The Morgan fingerprint density at radius 1 is 1.21 bits per heavy atom. The van der Waals surface area contributed by atoms with Crippen LogP contribution in [0.3, 0.4) is 0 Å². The Morgan fingerprint density at radius 3 is 2.71 bits per heavy atom. The largest absolute Gasteiger partial charge is 0.467 e. The van der Waals surface area contributed by atoms with E-state index in [9.17, 15) is 9.59 Å². The maximum Gasteiger partial charge on any atom is 0.264 e. The van der Waals surface area contributed by atoms with Gasteiger partial charge in [0.15, 0.2) is 5.65 Å². The van der Waals surface area contributed by atoms with E-state index in [0.717, 1.165) is 11.3 Å². The Balaban J connectivity index is 1.66. The molecular formula is C20H19N5O3. The molecule has 0 atom stereocenters. The SMILES string of the molecule is Cc1ccc(N(Cc2ccco2)C(=O)Cn2cnc3c(cnn3C)c2=O)cc1. The number of rotatable bonds is 5. The zero-order valence-corrected chi connectivity index (χ0v) is 15.6. The van der Waals surface area contributed by atoms with Gasteiger partial charge in [0, 0.05) is 12.7 Å². The fourth-order valence-corrected chi connectivity index (χ4v) is 3.02. The van der Waals surface area contributed by atoms with Crippen molar-refractivity contribution >= 4 is 22.6 Å². The van der Waals surface area contributed by atoms with Crippen molar-refractivity contribution in [3.8, 4) is 0 Å². The molecule has 0 fully saturated rings. The van der Waals surface area contributed by atoms with E-state index in [1.807, 2.05) is 37.3 Å². The Morgan fingerprint density at radius 2 is 2.00 bits per heavy atom. The van der Waals surface area contributed by atoms with Crippen LogP contribution in [-0.4, -0.2) is 25.2 Å². The minimum Gasteiger partial charge on any atom is -0.467 e. The predicted octanol–water partition coefficient (Wildman–Crippen LogP) is 2.26. The van der Waals surface area contributed by atoms with E-state index in [-0.39, 0.29) is 24.6 Å². The third-order valence-corrected chi connectivity index (χ3v) is 4.56. The smallest absolute Gasteiger partial charge is 0.264 e. The maximum absolute atomic E-state index is 13.1. The maximum atomic E-state index is 13.1. The van der Waals surface area contributed by atoms with E-state index in [1.54, 1.807) is 24.3 Å². The van der Waals surface area contributed by atoms with Crippen LogP contribution in [0.5, 0.6) is 0 Å². The highest BCUT2D eigenvalue weighted by molar-refractivity contribution is 5.93. The molecule has 142 valence electrons. The summed E-state index contributed by atoms with van der Waals surface area (Å²) in [5, 5.41) is 4.43. The highest BCUT2D eigenvalue weighted by Gasteiger charge is 2.19. The van der Waals surface area contributed by atoms with Crippen LogP contribution in [-0.2, 0) is 24.9 Å². The van der Waals surface area contributed by atoms with Crippen LogP contribution in [0.2, 0.25) is 0 Å². The van der Waals surface area contributed by atoms with Crippen LogP contribution in [0.1, 0.15) is 11.3 Å². The van der Waals surface area contributed by atoms with Crippen molar-refractivity contribution in [1.82, 2.24) is 19.3 Å². The van der Waals surface area contributed by atoms with Crippen molar-refractivity contribution in [2.45, 2.75) is 20.0 Å². The second-order valence-electron chi connectivity index (χ2n) is 6.58. The first-order valence-corrected chi connectivity index (χ1v) is 8.79. The van der Waals surface area contributed by atoms with Crippen LogP contribution >= 0.6 is 0 Å². The third-order valence-electron chi connectivity index (χ3n) is 4.56. The van der Waals surface area contributed by atoms with Gasteiger partial charge in [0.2, 0.25) is 5.91 Å². The molecule has 0 saturated carbocycles. The number of hydrogen-bond donors (Lipinski definition) is 0. The molecule has 0 saturated heterocycles. The third kappa shape index (κ3) is 3.32. The lowest BCUT2D eigenvalue weighted by Crippen LogP contribution is -2.36. The van der Waals surface area contributed by atoms with Gasteiger partial charge in [-0.3, -0.25) is 18.8 Å². The first-order valence-electron chi connectivity index (χ1n) is 8.79. The monoisotopic (exact) mass is 377 g/mol.